The first-order valence-corrected chi connectivity index (χ1v) is 8.16. The SMILES string of the molecule is CSC(=C\C=O)/C(=C/C(C)(C)C)Sc1ccccc1. The van der Waals surface area contributed by atoms with E-state index >= 15 is 0 Å². The maximum absolute atomic E-state index is 10.8. The van der Waals surface area contributed by atoms with E-state index in [1.807, 2.05) is 24.5 Å². The van der Waals surface area contributed by atoms with Gasteiger partial charge in [-0.15, -0.1) is 11.8 Å². The number of hydrogen-bond donors (Lipinski definition) is 0. The fraction of sp³-hybridized carbons (Fsp3) is 0.312. The van der Waals surface area contributed by atoms with Gasteiger partial charge in [0.1, 0.15) is 6.29 Å². The molecule has 0 amide bonds. The third kappa shape index (κ3) is 6.17. The molecule has 0 spiro atoms. The van der Waals surface area contributed by atoms with Crippen molar-refractivity contribution in [3.63, 3.8) is 0 Å². The molecular weight excluding hydrogens is 272 g/mol. The molecule has 19 heavy (non-hydrogen) atoms. The molecule has 3 heteroatoms. The van der Waals surface area contributed by atoms with E-state index < -0.39 is 0 Å². The van der Waals surface area contributed by atoms with Crippen LogP contribution in [0.3, 0.4) is 0 Å². The van der Waals surface area contributed by atoms with Gasteiger partial charge in [0.05, 0.1) is 0 Å². The topological polar surface area (TPSA) is 17.1 Å². The molecule has 0 unspecified atom stereocenters. The van der Waals surface area contributed by atoms with Crippen molar-refractivity contribution in [2.24, 2.45) is 5.41 Å². The zero-order chi connectivity index (χ0) is 14.3. The number of carbonyl (C=O) groups is 1. The zero-order valence-electron chi connectivity index (χ0n) is 11.8. The predicted octanol–water partition coefficient (Wildman–Crippen LogP) is 5.15. The van der Waals surface area contributed by atoms with Crippen molar-refractivity contribution in [3.05, 3.63) is 52.3 Å². The molecule has 1 rings (SSSR count). The lowest BCUT2D eigenvalue weighted by Gasteiger charge is -2.17. The summed E-state index contributed by atoms with van der Waals surface area (Å²) in [6.45, 7) is 6.49. The normalized spacial score (nSPS) is 13.5. The van der Waals surface area contributed by atoms with Crippen LogP contribution in [0.2, 0.25) is 0 Å². The van der Waals surface area contributed by atoms with Gasteiger partial charge >= 0.3 is 0 Å². The molecule has 0 atom stereocenters. The highest BCUT2D eigenvalue weighted by molar-refractivity contribution is 8.08. The average Bonchev–Trinajstić information content (AvgIpc) is 2.35. The molecule has 1 aromatic rings. The molecule has 0 aliphatic heterocycles. The van der Waals surface area contributed by atoms with Gasteiger partial charge in [0.2, 0.25) is 0 Å². The molecule has 1 nitrogen and oxygen atoms in total. The summed E-state index contributed by atoms with van der Waals surface area (Å²) in [5.41, 5.74) is 0.0782. The van der Waals surface area contributed by atoms with Crippen LogP contribution < -0.4 is 0 Å². The molecule has 0 heterocycles. The van der Waals surface area contributed by atoms with Gasteiger partial charge in [-0.25, -0.2) is 0 Å². The summed E-state index contributed by atoms with van der Waals surface area (Å²) in [5.74, 6) is 0. The Hall–Kier alpha value is -0.930. The van der Waals surface area contributed by atoms with Crippen LogP contribution in [-0.2, 0) is 4.79 Å². The smallest absolute Gasteiger partial charge is 0.143 e. The van der Waals surface area contributed by atoms with Crippen molar-refractivity contribution in [2.75, 3.05) is 6.26 Å². The number of carbonyl (C=O) groups excluding carboxylic acids is 1. The van der Waals surface area contributed by atoms with E-state index in [1.54, 1.807) is 29.6 Å². The molecule has 0 saturated carbocycles. The molecule has 1 aromatic carbocycles. The number of benzene rings is 1. The first kappa shape index (κ1) is 16.1. The Kier molecular flexibility index (Phi) is 6.46. The molecule has 0 saturated heterocycles. The van der Waals surface area contributed by atoms with Gasteiger partial charge in [-0.2, -0.15) is 0 Å². The highest BCUT2D eigenvalue weighted by Crippen LogP contribution is 2.38. The van der Waals surface area contributed by atoms with E-state index in [4.69, 9.17) is 0 Å². The fourth-order valence-corrected chi connectivity index (χ4v) is 3.43. The first-order chi connectivity index (χ1) is 8.96. The van der Waals surface area contributed by atoms with Crippen molar-refractivity contribution in [1.29, 1.82) is 0 Å². The van der Waals surface area contributed by atoms with Crippen LogP contribution in [0, 0.1) is 5.41 Å². The second-order valence-electron chi connectivity index (χ2n) is 5.16. The van der Waals surface area contributed by atoms with E-state index in [0.29, 0.717) is 0 Å². The summed E-state index contributed by atoms with van der Waals surface area (Å²) < 4.78 is 0. The van der Waals surface area contributed by atoms with Crippen molar-refractivity contribution in [2.45, 2.75) is 25.7 Å². The molecule has 0 aliphatic carbocycles. The summed E-state index contributed by atoms with van der Waals surface area (Å²) >= 11 is 3.30. The molecule has 0 radical (unpaired) electrons. The Morgan fingerprint density at radius 3 is 2.21 bits per heavy atom. The van der Waals surface area contributed by atoms with Gasteiger partial charge in [0, 0.05) is 14.7 Å². The summed E-state index contributed by atoms with van der Waals surface area (Å²) in [4.78, 5) is 14.1. The molecule has 0 aromatic heterocycles. The van der Waals surface area contributed by atoms with Gasteiger partial charge < -0.3 is 0 Å². The molecule has 0 N–H and O–H groups in total. The monoisotopic (exact) mass is 292 g/mol. The minimum Gasteiger partial charge on any atom is -0.299 e. The van der Waals surface area contributed by atoms with E-state index in [-0.39, 0.29) is 5.41 Å². The Labute approximate surface area is 124 Å². The van der Waals surface area contributed by atoms with Crippen LogP contribution in [0.4, 0.5) is 0 Å². The standard InChI is InChI=1S/C16H20OS2/c1-16(2,3)12-15(14(18-4)10-11-17)19-13-8-6-5-7-9-13/h5-12H,1-4H3/b14-10-,15-12-. The molecule has 102 valence electrons. The van der Waals surface area contributed by atoms with Crippen LogP contribution in [0.5, 0.6) is 0 Å². The second kappa shape index (κ2) is 7.61. The van der Waals surface area contributed by atoms with Crippen LogP contribution in [0.25, 0.3) is 0 Å². The molecule has 0 fully saturated rings. The molecular formula is C16H20OS2. The minimum atomic E-state index is 0.0782. The highest BCUT2D eigenvalue weighted by atomic mass is 32.2. The van der Waals surface area contributed by atoms with Crippen molar-refractivity contribution < 1.29 is 4.79 Å². The Morgan fingerprint density at radius 2 is 1.74 bits per heavy atom. The van der Waals surface area contributed by atoms with Crippen LogP contribution in [0.1, 0.15) is 20.8 Å². The number of rotatable bonds is 5. The third-order valence-electron chi connectivity index (χ3n) is 2.22. The lowest BCUT2D eigenvalue weighted by Crippen LogP contribution is -2.01. The Morgan fingerprint density at radius 1 is 1.11 bits per heavy atom. The lowest BCUT2D eigenvalue weighted by atomic mass is 9.96. The van der Waals surface area contributed by atoms with Crippen LogP contribution >= 0.6 is 23.5 Å². The summed E-state index contributed by atoms with van der Waals surface area (Å²) in [7, 11) is 0. The Bertz CT molecular complexity index is 467. The first-order valence-electron chi connectivity index (χ1n) is 6.12. The second-order valence-corrected chi connectivity index (χ2v) is 7.12. The number of allylic oxidation sites excluding steroid dienone is 2. The quantitative estimate of drug-likeness (QED) is 0.323. The largest absolute Gasteiger partial charge is 0.299 e. The maximum atomic E-state index is 10.8. The van der Waals surface area contributed by atoms with E-state index in [2.05, 4.69) is 39.0 Å². The zero-order valence-corrected chi connectivity index (χ0v) is 13.5. The van der Waals surface area contributed by atoms with Gasteiger partial charge in [0.15, 0.2) is 0 Å². The fourth-order valence-electron chi connectivity index (χ4n) is 1.47. The Balaban J connectivity index is 3.10. The predicted molar refractivity (Wildman–Crippen MR) is 87.5 cm³/mol. The number of aldehydes is 1. The summed E-state index contributed by atoms with van der Waals surface area (Å²) in [6.07, 6.45) is 6.71. The molecule has 0 bridgehead atoms. The number of thioether (sulfide) groups is 2. The number of hydrogen-bond acceptors (Lipinski definition) is 3. The van der Waals surface area contributed by atoms with Gasteiger partial charge in [0.25, 0.3) is 0 Å². The van der Waals surface area contributed by atoms with E-state index in [1.165, 1.54) is 4.90 Å². The van der Waals surface area contributed by atoms with Gasteiger partial charge in [-0.1, -0.05) is 56.8 Å². The van der Waals surface area contributed by atoms with Gasteiger partial charge in [-0.05, 0) is 29.9 Å². The van der Waals surface area contributed by atoms with E-state index in [0.717, 1.165) is 16.1 Å². The average molecular weight is 292 g/mol. The van der Waals surface area contributed by atoms with Gasteiger partial charge in [-0.3, -0.25) is 4.79 Å². The van der Waals surface area contributed by atoms with Crippen molar-refractivity contribution in [1.82, 2.24) is 0 Å². The van der Waals surface area contributed by atoms with E-state index in [9.17, 15) is 4.79 Å². The van der Waals surface area contributed by atoms with Crippen LogP contribution in [-0.4, -0.2) is 12.5 Å². The highest BCUT2D eigenvalue weighted by Gasteiger charge is 2.13. The van der Waals surface area contributed by atoms with Crippen molar-refractivity contribution in [3.8, 4) is 0 Å². The lowest BCUT2D eigenvalue weighted by molar-refractivity contribution is -0.104. The molecule has 0 aliphatic rings. The third-order valence-corrected chi connectivity index (χ3v) is 4.21. The van der Waals surface area contributed by atoms with Crippen LogP contribution in [0.15, 0.2) is 57.2 Å². The maximum Gasteiger partial charge on any atom is 0.143 e. The minimum absolute atomic E-state index is 0.0782. The summed E-state index contributed by atoms with van der Waals surface area (Å²) in [6, 6.07) is 10.2. The summed E-state index contributed by atoms with van der Waals surface area (Å²) in [5, 5.41) is 0. The van der Waals surface area contributed by atoms with Crippen molar-refractivity contribution >= 4 is 29.8 Å².